The molecule has 5 heteroatoms. The first kappa shape index (κ1) is 15.7. The molecule has 3 nitrogen and oxygen atoms in total. The third-order valence-corrected chi connectivity index (χ3v) is 4.70. The number of benzene rings is 2. The number of aromatic amines is 1. The third-order valence-electron chi connectivity index (χ3n) is 4.01. The van der Waals surface area contributed by atoms with Crippen LogP contribution in [0.15, 0.2) is 53.1 Å². The van der Waals surface area contributed by atoms with Crippen LogP contribution in [0.5, 0.6) is 0 Å². The van der Waals surface area contributed by atoms with Crippen LogP contribution in [0, 0.1) is 5.82 Å². The van der Waals surface area contributed by atoms with Crippen LogP contribution in [0.3, 0.4) is 0 Å². The van der Waals surface area contributed by atoms with Gasteiger partial charge in [0, 0.05) is 21.6 Å². The van der Waals surface area contributed by atoms with Gasteiger partial charge in [0.1, 0.15) is 5.82 Å². The number of nitrogens with one attached hydrogen (secondary N) is 2. The lowest BCUT2D eigenvalue weighted by Crippen LogP contribution is -2.34. The lowest BCUT2D eigenvalue weighted by atomic mass is 9.83. The lowest BCUT2D eigenvalue weighted by Gasteiger charge is -2.24. The summed E-state index contributed by atoms with van der Waals surface area (Å²) in [6.45, 7) is 3.70. The molecule has 2 aromatic carbocycles. The van der Waals surface area contributed by atoms with Crippen molar-refractivity contribution in [2.24, 2.45) is 0 Å². The minimum absolute atomic E-state index is 0.130. The Kier molecular flexibility index (Phi) is 3.98. The SMILES string of the molecule is CC(C)(C(=O)Nc1ccccc1Br)c1c[nH]c2cc(F)ccc12. The fourth-order valence-corrected chi connectivity index (χ4v) is 2.96. The highest BCUT2D eigenvalue weighted by Gasteiger charge is 2.32. The first-order valence-corrected chi connectivity index (χ1v) is 8.02. The van der Waals surface area contributed by atoms with Crippen LogP contribution in [0.25, 0.3) is 10.9 Å². The molecule has 0 aliphatic heterocycles. The second-order valence-electron chi connectivity index (χ2n) is 5.95. The number of amides is 1. The van der Waals surface area contributed by atoms with E-state index in [0.29, 0.717) is 5.52 Å². The minimum atomic E-state index is -0.772. The van der Waals surface area contributed by atoms with E-state index in [1.165, 1.54) is 12.1 Å². The zero-order chi connectivity index (χ0) is 16.6. The Morgan fingerprint density at radius 1 is 1.22 bits per heavy atom. The van der Waals surface area contributed by atoms with Gasteiger partial charge in [0.15, 0.2) is 0 Å². The molecule has 1 aromatic heterocycles. The van der Waals surface area contributed by atoms with Crippen LogP contribution in [0.1, 0.15) is 19.4 Å². The van der Waals surface area contributed by atoms with E-state index in [9.17, 15) is 9.18 Å². The highest BCUT2D eigenvalue weighted by molar-refractivity contribution is 9.10. The van der Waals surface area contributed by atoms with Crippen molar-refractivity contribution in [2.45, 2.75) is 19.3 Å². The molecule has 23 heavy (non-hydrogen) atoms. The number of aromatic nitrogens is 1. The summed E-state index contributed by atoms with van der Waals surface area (Å²) in [5, 5.41) is 3.79. The number of carbonyl (C=O) groups is 1. The third kappa shape index (κ3) is 2.88. The molecular formula is C18H16BrFN2O. The quantitative estimate of drug-likeness (QED) is 0.666. The summed E-state index contributed by atoms with van der Waals surface area (Å²) < 4.78 is 14.2. The molecule has 0 fully saturated rings. The van der Waals surface area contributed by atoms with E-state index < -0.39 is 5.41 Å². The summed E-state index contributed by atoms with van der Waals surface area (Å²) in [6, 6.07) is 12.0. The number of anilines is 1. The van der Waals surface area contributed by atoms with Crippen LogP contribution in [-0.2, 0) is 10.2 Å². The van der Waals surface area contributed by atoms with Crippen molar-refractivity contribution in [3.8, 4) is 0 Å². The Bertz CT molecular complexity index is 886. The summed E-state index contributed by atoms with van der Waals surface area (Å²) in [4.78, 5) is 15.8. The van der Waals surface area contributed by atoms with Crippen LogP contribution < -0.4 is 5.32 Å². The molecule has 0 saturated carbocycles. The van der Waals surface area contributed by atoms with Gasteiger partial charge in [-0.2, -0.15) is 0 Å². The van der Waals surface area contributed by atoms with Gasteiger partial charge in [-0.3, -0.25) is 4.79 Å². The number of H-pyrrole nitrogens is 1. The predicted molar refractivity (Wildman–Crippen MR) is 94.1 cm³/mol. The zero-order valence-corrected chi connectivity index (χ0v) is 14.4. The molecule has 3 rings (SSSR count). The number of carbonyl (C=O) groups excluding carboxylic acids is 1. The molecule has 1 amide bonds. The summed E-state index contributed by atoms with van der Waals surface area (Å²) >= 11 is 3.43. The molecule has 0 aliphatic rings. The highest BCUT2D eigenvalue weighted by atomic mass is 79.9. The second-order valence-corrected chi connectivity index (χ2v) is 6.81. The number of rotatable bonds is 3. The fourth-order valence-electron chi connectivity index (χ4n) is 2.58. The second kappa shape index (κ2) is 5.81. The maximum absolute atomic E-state index is 13.3. The minimum Gasteiger partial charge on any atom is -0.361 e. The Morgan fingerprint density at radius 3 is 2.70 bits per heavy atom. The Balaban J connectivity index is 1.96. The standard InChI is InChI=1S/C18H16BrFN2O/c1-18(2,17(23)22-15-6-4-3-5-14(15)19)13-10-21-16-9-11(20)7-8-12(13)16/h3-10,21H,1-2H3,(H,22,23). The molecule has 2 N–H and O–H groups in total. The smallest absolute Gasteiger partial charge is 0.234 e. The van der Waals surface area contributed by atoms with Crippen molar-refractivity contribution in [2.75, 3.05) is 5.32 Å². The number of hydrogen-bond donors (Lipinski definition) is 2. The highest BCUT2D eigenvalue weighted by Crippen LogP contribution is 2.32. The normalized spacial score (nSPS) is 11.7. The number of para-hydroxylation sites is 1. The van der Waals surface area contributed by atoms with Gasteiger partial charge >= 0.3 is 0 Å². The van der Waals surface area contributed by atoms with Gasteiger partial charge in [-0.1, -0.05) is 12.1 Å². The lowest BCUT2D eigenvalue weighted by molar-refractivity contribution is -0.120. The van der Waals surface area contributed by atoms with Crippen LogP contribution in [-0.4, -0.2) is 10.9 Å². The van der Waals surface area contributed by atoms with Gasteiger partial charge in [0.25, 0.3) is 0 Å². The van der Waals surface area contributed by atoms with Gasteiger partial charge in [0.2, 0.25) is 5.91 Å². The van der Waals surface area contributed by atoms with Gasteiger partial charge < -0.3 is 10.3 Å². The van der Waals surface area contributed by atoms with Gasteiger partial charge in [-0.25, -0.2) is 4.39 Å². The number of fused-ring (bicyclic) bond motifs is 1. The molecule has 0 atom stereocenters. The van der Waals surface area contributed by atoms with Crippen LogP contribution in [0.4, 0.5) is 10.1 Å². The largest absolute Gasteiger partial charge is 0.361 e. The van der Waals surface area contributed by atoms with Crippen molar-refractivity contribution in [3.05, 3.63) is 64.5 Å². The molecule has 0 aliphatic carbocycles. The van der Waals surface area contributed by atoms with Crippen LogP contribution in [0.2, 0.25) is 0 Å². The molecule has 0 spiro atoms. The summed E-state index contributed by atoms with van der Waals surface area (Å²) in [6.07, 6.45) is 1.77. The van der Waals surface area contributed by atoms with E-state index in [4.69, 9.17) is 0 Å². The Morgan fingerprint density at radius 2 is 1.96 bits per heavy atom. The van der Waals surface area contributed by atoms with E-state index in [2.05, 4.69) is 26.2 Å². The maximum Gasteiger partial charge on any atom is 0.234 e. The van der Waals surface area contributed by atoms with Gasteiger partial charge in [-0.15, -0.1) is 0 Å². The van der Waals surface area contributed by atoms with E-state index in [0.717, 1.165) is 21.1 Å². The van der Waals surface area contributed by atoms with E-state index in [-0.39, 0.29) is 11.7 Å². The molecule has 0 saturated heterocycles. The average molecular weight is 375 g/mol. The van der Waals surface area contributed by atoms with Gasteiger partial charge in [0.05, 0.1) is 11.1 Å². The van der Waals surface area contributed by atoms with Crippen molar-refractivity contribution in [1.29, 1.82) is 0 Å². The molecule has 0 unspecified atom stereocenters. The summed E-state index contributed by atoms with van der Waals surface area (Å²) in [5.74, 6) is -0.434. The first-order valence-electron chi connectivity index (χ1n) is 7.22. The van der Waals surface area contributed by atoms with Crippen molar-refractivity contribution >= 4 is 38.4 Å². The van der Waals surface area contributed by atoms with Crippen molar-refractivity contribution in [3.63, 3.8) is 0 Å². The summed E-state index contributed by atoms with van der Waals surface area (Å²) in [5.41, 5.74) is 1.46. The molecular weight excluding hydrogens is 359 g/mol. The molecule has 1 heterocycles. The molecule has 0 radical (unpaired) electrons. The van der Waals surface area contributed by atoms with Crippen molar-refractivity contribution in [1.82, 2.24) is 4.98 Å². The van der Waals surface area contributed by atoms with E-state index in [1.54, 1.807) is 12.3 Å². The number of hydrogen-bond acceptors (Lipinski definition) is 1. The predicted octanol–water partition coefficient (Wildman–Crippen LogP) is 4.99. The maximum atomic E-state index is 13.3. The Hall–Kier alpha value is -2.14. The fraction of sp³-hybridized carbons (Fsp3) is 0.167. The van der Waals surface area contributed by atoms with E-state index >= 15 is 0 Å². The van der Waals surface area contributed by atoms with Crippen LogP contribution >= 0.6 is 15.9 Å². The van der Waals surface area contributed by atoms with Crippen molar-refractivity contribution < 1.29 is 9.18 Å². The van der Waals surface area contributed by atoms with E-state index in [1.807, 2.05) is 38.1 Å². The molecule has 118 valence electrons. The summed E-state index contributed by atoms with van der Waals surface area (Å²) in [7, 11) is 0. The topological polar surface area (TPSA) is 44.9 Å². The molecule has 0 bridgehead atoms. The average Bonchev–Trinajstić information content (AvgIpc) is 2.93. The first-order chi connectivity index (χ1) is 10.9. The Labute approximate surface area is 142 Å². The zero-order valence-electron chi connectivity index (χ0n) is 12.8. The number of halogens is 2. The van der Waals surface area contributed by atoms with Gasteiger partial charge in [-0.05, 0) is 65.7 Å². The molecule has 3 aromatic rings. The monoisotopic (exact) mass is 374 g/mol.